The summed E-state index contributed by atoms with van der Waals surface area (Å²) in [6.07, 6.45) is 5.14. The summed E-state index contributed by atoms with van der Waals surface area (Å²) < 4.78 is 27.9. The summed E-state index contributed by atoms with van der Waals surface area (Å²) in [4.78, 5) is 1.05. The molecule has 6 heteroatoms. The van der Waals surface area contributed by atoms with Crippen LogP contribution in [0.5, 0.6) is 0 Å². The van der Waals surface area contributed by atoms with Crippen molar-refractivity contribution in [3.05, 3.63) is 17.0 Å². The first-order valence-electron chi connectivity index (χ1n) is 7.33. The van der Waals surface area contributed by atoms with Crippen molar-refractivity contribution in [3.63, 3.8) is 0 Å². The SMILES string of the molecule is CNCc1ccc(S(=O)(=O)NCC(C2CC2)C2CC2)s1. The van der Waals surface area contributed by atoms with Gasteiger partial charge in [-0.15, -0.1) is 11.3 Å². The van der Waals surface area contributed by atoms with Gasteiger partial charge in [-0.1, -0.05) is 0 Å². The molecule has 0 aliphatic heterocycles. The summed E-state index contributed by atoms with van der Waals surface area (Å²) >= 11 is 1.35. The highest BCUT2D eigenvalue weighted by molar-refractivity contribution is 7.91. The summed E-state index contributed by atoms with van der Waals surface area (Å²) in [5.74, 6) is 2.11. The minimum absolute atomic E-state index is 0.438. The molecule has 2 fully saturated rings. The lowest BCUT2D eigenvalue weighted by molar-refractivity contribution is 0.402. The minimum atomic E-state index is -3.32. The predicted octanol–water partition coefficient (Wildman–Crippen LogP) is 2.18. The lowest BCUT2D eigenvalue weighted by Gasteiger charge is -2.15. The molecule has 0 aromatic carbocycles. The van der Waals surface area contributed by atoms with Crippen LogP contribution in [0.3, 0.4) is 0 Å². The normalized spacial score (nSPS) is 19.7. The van der Waals surface area contributed by atoms with Gasteiger partial charge in [-0.2, -0.15) is 0 Å². The second kappa shape index (κ2) is 5.75. The molecule has 0 radical (unpaired) electrons. The fourth-order valence-corrected chi connectivity index (χ4v) is 5.30. The van der Waals surface area contributed by atoms with Crippen molar-refractivity contribution in [2.45, 2.75) is 36.4 Å². The summed E-state index contributed by atoms with van der Waals surface area (Å²) in [7, 11) is -1.46. The summed E-state index contributed by atoms with van der Waals surface area (Å²) in [6, 6.07) is 3.60. The van der Waals surface area contributed by atoms with E-state index in [0.717, 1.165) is 16.7 Å². The molecule has 2 aliphatic carbocycles. The maximum absolute atomic E-state index is 12.3. The highest BCUT2D eigenvalue weighted by Crippen LogP contribution is 2.48. The Morgan fingerprint density at radius 2 is 1.90 bits per heavy atom. The fraction of sp³-hybridized carbons (Fsp3) is 0.714. The standard InChI is InChI=1S/C14H22N2O2S2/c1-15-8-12-6-7-14(19-12)20(17,18)16-9-13(10-2-3-10)11-4-5-11/h6-7,10-11,13,15-16H,2-5,8-9H2,1H3. The van der Waals surface area contributed by atoms with E-state index in [9.17, 15) is 8.42 Å². The first kappa shape index (κ1) is 14.5. The summed E-state index contributed by atoms with van der Waals surface area (Å²) in [5.41, 5.74) is 0. The van der Waals surface area contributed by atoms with Crippen LogP contribution >= 0.6 is 11.3 Å². The van der Waals surface area contributed by atoms with E-state index in [1.54, 1.807) is 6.07 Å². The minimum Gasteiger partial charge on any atom is -0.315 e. The lowest BCUT2D eigenvalue weighted by Crippen LogP contribution is -2.30. The molecule has 1 aromatic rings. The Bertz CT molecular complexity index is 547. The van der Waals surface area contributed by atoms with Crippen LogP contribution in [-0.2, 0) is 16.6 Å². The molecule has 0 spiro atoms. The van der Waals surface area contributed by atoms with Gasteiger partial charge in [0.1, 0.15) is 4.21 Å². The van der Waals surface area contributed by atoms with Crippen molar-refractivity contribution in [2.75, 3.05) is 13.6 Å². The second-order valence-corrected chi connectivity index (χ2v) is 9.10. The third kappa shape index (κ3) is 3.42. The molecule has 1 heterocycles. The quantitative estimate of drug-likeness (QED) is 0.773. The van der Waals surface area contributed by atoms with Crippen molar-refractivity contribution in [2.24, 2.45) is 17.8 Å². The first-order valence-corrected chi connectivity index (χ1v) is 9.63. The molecule has 0 atom stereocenters. The molecular weight excluding hydrogens is 292 g/mol. The largest absolute Gasteiger partial charge is 0.315 e. The van der Waals surface area contributed by atoms with Crippen LogP contribution < -0.4 is 10.0 Å². The van der Waals surface area contributed by atoms with Gasteiger partial charge in [-0.25, -0.2) is 13.1 Å². The molecule has 0 unspecified atom stereocenters. The van der Waals surface area contributed by atoms with E-state index in [0.29, 0.717) is 23.2 Å². The number of sulfonamides is 1. The Morgan fingerprint density at radius 1 is 1.25 bits per heavy atom. The first-order chi connectivity index (χ1) is 9.60. The Hall–Kier alpha value is -0.430. The Morgan fingerprint density at radius 3 is 2.45 bits per heavy atom. The molecule has 1 aromatic heterocycles. The van der Waals surface area contributed by atoms with E-state index in [1.807, 2.05) is 13.1 Å². The topological polar surface area (TPSA) is 58.2 Å². The van der Waals surface area contributed by atoms with Crippen molar-refractivity contribution >= 4 is 21.4 Å². The average molecular weight is 314 g/mol. The molecule has 0 saturated heterocycles. The van der Waals surface area contributed by atoms with E-state index in [-0.39, 0.29) is 0 Å². The number of rotatable bonds is 8. The van der Waals surface area contributed by atoms with E-state index >= 15 is 0 Å². The van der Waals surface area contributed by atoms with Gasteiger partial charge < -0.3 is 5.32 Å². The Kier molecular flexibility index (Phi) is 4.17. The number of nitrogens with one attached hydrogen (secondary N) is 2. The van der Waals surface area contributed by atoms with Crippen molar-refractivity contribution in [1.82, 2.24) is 10.0 Å². The van der Waals surface area contributed by atoms with Crippen LogP contribution in [-0.4, -0.2) is 22.0 Å². The van der Waals surface area contributed by atoms with Crippen LogP contribution in [0.4, 0.5) is 0 Å². The van der Waals surface area contributed by atoms with E-state index in [2.05, 4.69) is 10.0 Å². The monoisotopic (exact) mass is 314 g/mol. The van der Waals surface area contributed by atoms with Gasteiger partial charge in [-0.05, 0) is 62.6 Å². The number of hydrogen-bond donors (Lipinski definition) is 2. The highest BCUT2D eigenvalue weighted by atomic mass is 32.2. The van der Waals surface area contributed by atoms with Crippen LogP contribution in [0.25, 0.3) is 0 Å². The third-order valence-corrected chi connectivity index (χ3v) is 7.22. The van der Waals surface area contributed by atoms with Crippen molar-refractivity contribution in [3.8, 4) is 0 Å². The number of hydrogen-bond acceptors (Lipinski definition) is 4. The second-order valence-electron chi connectivity index (χ2n) is 5.94. The number of thiophene rings is 1. The van der Waals surface area contributed by atoms with Gasteiger partial charge in [0.15, 0.2) is 0 Å². The maximum Gasteiger partial charge on any atom is 0.250 e. The molecule has 3 rings (SSSR count). The molecule has 4 nitrogen and oxygen atoms in total. The zero-order chi connectivity index (χ0) is 14.2. The van der Waals surface area contributed by atoms with Gasteiger partial charge >= 0.3 is 0 Å². The molecule has 2 saturated carbocycles. The van der Waals surface area contributed by atoms with Crippen LogP contribution in [0.2, 0.25) is 0 Å². The average Bonchev–Trinajstić information content (AvgIpc) is 3.32. The molecular formula is C14H22N2O2S2. The maximum atomic E-state index is 12.3. The highest BCUT2D eigenvalue weighted by Gasteiger charge is 2.41. The van der Waals surface area contributed by atoms with Gasteiger partial charge in [-0.3, -0.25) is 0 Å². The Balaban J connectivity index is 1.61. The van der Waals surface area contributed by atoms with Crippen LogP contribution in [0, 0.1) is 17.8 Å². The van der Waals surface area contributed by atoms with Crippen molar-refractivity contribution in [1.29, 1.82) is 0 Å². The lowest BCUT2D eigenvalue weighted by atomic mass is 9.99. The molecule has 0 bridgehead atoms. The molecule has 112 valence electrons. The van der Waals surface area contributed by atoms with Crippen LogP contribution in [0.1, 0.15) is 30.6 Å². The van der Waals surface area contributed by atoms with E-state index in [4.69, 9.17) is 0 Å². The summed E-state index contributed by atoms with van der Waals surface area (Å²) in [6.45, 7) is 1.34. The van der Waals surface area contributed by atoms with Gasteiger partial charge in [0.2, 0.25) is 10.0 Å². The summed E-state index contributed by atoms with van der Waals surface area (Å²) in [5, 5.41) is 3.04. The van der Waals surface area contributed by atoms with Crippen LogP contribution in [0.15, 0.2) is 16.3 Å². The Labute approximate surface area is 125 Å². The van der Waals surface area contributed by atoms with Crippen molar-refractivity contribution < 1.29 is 8.42 Å². The van der Waals surface area contributed by atoms with E-state index < -0.39 is 10.0 Å². The molecule has 20 heavy (non-hydrogen) atoms. The van der Waals surface area contributed by atoms with Gasteiger partial charge in [0, 0.05) is 18.0 Å². The van der Waals surface area contributed by atoms with E-state index in [1.165, 1.54) is 37.0 Å². The molecule has 0 amide bonds. The molecule has 2 aliphatic rings. The zero-order valence-corrected chi connectivity index (χ0v) is 13.4. The predicted molar refractivity (Wildman–Crippen MR) is 81.2 cm³/mol. The van der Waals surface area contributed by atoms with Gasteiger partial charge in [0.05, 0.1) is 0 Å². The molecule has 2 N–H and O–H groups in total. The smallest absolute Gasteiger partial charge is 0.250 e. The third-order valence-electron chi connectivity index (χ3n) is 4.22. The van der Waals surface area contributed by atoms with Gasteiger partial charge in [0.25, 0.3) is 0 Å². The fourth-order valence-electron chi connectivity index (χ4n) is 2.82. The zero-order valence-electron chi connectivity index (χ0n) is 11.8.